The molecule has 4 nitrogen and oxygen atoms in total. The summed E-state index contributed by atoms with van der Waals surface area (Å²) >= 11 is 0. The van der Waals surface area contributed by atoms with Crippen LogP contribution in [0.1, 0.15) is 12.7 Å². The molecule has 0 unspecified atom stereocenters. The van der Waals surface area contributed by atoms with E-state index < -0.39 is 18.9 Å². The molecule has 0 atom stereocenters. The number of hydrogen-bond donors (Lipinski definition) is 1. The van der Waals surface area contributed by atoms with Crippen LogP contribution in [0.25, 0.3) is 0 Å². The molecule has 0 saturated heterocycles. The standard InChI is InChI=1S/C7H12F2N4/c1-2-13-6(11-5-12-13)3-7(8,9)4-10/h5H,2-4,10H2,1H3. The largest absolute Gasteiger partial charge is 0.325 e. The molecule has 0 spiro atoms. The molecule has 6 heteroatoms. The van der Waals surface area contributed by atoms with Crippen LogP contribution in [-0.4, -0.2) is 27.2 Å². The van der Waals surface area contributed by atoms with Crippen LogP contribution in [0.15, 0.2) is 6.33 Å². The first-order valence-electron chi connectivity index (χ1n) is 4.03. The Bertz CT molecular complexity index is 271. The number of alkyl halides is 2. The third kappa shape index (κ3) is 2.45. The molecular formula is C7H12F2N4. The summed E-state index contributed by atoms with van der Waals surface area (Å²) in [4.78, 5) is 3.74. The zero-order valence-corrected chi connectivity index (χ0v) is 7.37. The van der Waals surface area contributed by atoms with Crippen molar-refractivity contribution in [1.82, 2.24) is 14.8 Å². The lowest BCUT2D eigenvalue weighted by molar-refractivity contribution is 0.00852. The average molecular weight is 190 g/mol. The number of aryl methyl sites for hydroxylation is 1. The Hall–Kier alpha value is -1.04. The van der Waals surface area contributed by atoms with E-state index >= 15 is 0 Å². The molecule has 0 aromatic carbocycles. The van der Waals surface area contributed by atoms with Crippen molar-refractivity contribution < 1.29 is 8.78 Å². The van der Waals surface area contributed by atoms with Crippen LogP contribution in [0.4, 0.5) is 8.78 Å². The highest BCUT2D eigenvalue weighted by molar-refractivity contribution is 4.90. The van der Waals surface area contributed by atoms with Crippen molar-refractivity contribution in [1.29, 1.82) is 0 Å². The van der Waals surface area contributed by atoms with E-state index in [-0.39, 0.29) is 5.82 Å². The number of halogens is 2. The number of hydrogen-bond acceptors (Lipinski definition) is 3. The van der Waals surface area contributed by atoms with E-state index in [9.17, 15) is 8.78 Å². The summed E-state index contributed by atoms with van der Waals surface area (Å²) in [7, 11) is 0. The molecule has 1 aromatic rings. The smallest absolute Gasteiger partial charge is 0.267 e. The predicted octanol–water partition coefficient (Wildman–Crippen LogP) is 0.434. The van der Waals surface area contributed by atoms with Gasteiger partial charge in [-0.1, -0.05) is 0 Å². The van der Waals surface area contributed by atoms with Gasteiger partial charge in [0.25, 0.3) is 5.92 Å². The van der Waals surface area contributed by atoms with Gasteiger partial charge in [-0.3, -0.25) is 4.68 Å². The number of aromatic nitrogens is 3. The second-order valence-corrected chi connectivity index (χ2v) is 2.73. The Kier molecular flexibility index (Phi) is 2.92. The highest BCUT2D eigenvalue weighted by atomic mass is 19.3. The van der Waals surface area contributed by atoms with Crippen LogP contribution in [-0.2, 0) is 13.0 Å². The lowest BCUT2D eigenvalue weighted by Crippen LogP contribution is -2.31. The highest BCUT2D eigenvalue weighted by Gasteiger charge is 2.29. The first kappa shape index (κ1) is 10.0. The average Bonchev–Trinajstić information content (AvgIpc) is 2.51. The van der Waals surface area contributed by atoms with Crippen molar-refractivity contribution in [3.8, 4) is 0 Å². The van der Waals surface area contributed by atoms with E-state index in [1.54, 1.807) is 0 Å². The third-order valence-corrected chi connectivity index (χ3v) is 1.71. The van der Waals surface area contributed by atoms with E-state index in [4.69, 9.17) is 5.73 Å². The van der Waals surface area contributed by atoms with Crippen molar-refractivity contribution in [3.05, 3.63) is 12.2 Å². The van der Waals surface area contributed by atoms with Crippen LogP contribution in [0.2, 0.25) is 0 Å². The van der Waals surface area contributed by atoms with Gasteiger partial charge in [-0.15, -0.1) is 0 Å². The molecule has 0 radical (unpaired) electrons. The molecule has 0 saturated carbocycles. The molecule has 0 fully saturated rings. The maximum atomic E-state index is 12.8. The zero-order chi connectivity index (χ0) is 9.90. The molecule has 1 rings (SSSR count). The Morgan fingerprint density at radius 2 is 2.31 bits per heavy atom. The fourth-order valence-corrected chi connectivity index (χ4v) is 0.993. The predicted molar refractivity (Wildman–Crippen MR) is 43.4 cm³/mol. The van der Waals surface area contributed by atoms with Gasteiger partial charge in [-0.2, -0.15) is 5.10 Å². The Morgan fingerprint density at radius 1 is 1.62 bits per heavy atom. The molecule has 0 bridgehead atoms. The van der Waals surface area contributed by atoms with Crippen molar-refractivity contribution in [2.24, 2.45) is 5.73 Å². The molecule has 0 amide bonds. The van der Waals surface area contributed by atoms with Gasteiger partial charge in [0.15, 0.2) is 0 Å². The van der Waals surface area contributed by atoms with E-state index in [1.807, 2.05) is 6.92 Å². The van der Waals surface area contributed by atoms with E-state index in [0.29, 0.717) is 6.54 Å². The molecule has 2 N–H and O–H groups in total. The summed E-state index contributed by atoms with van der Waals surface area (Å²) in [6.07, 6.45) is 0.822. The third-order valence-electron chi connectivity index (χ3n) is 1.71. The molecule has 0 aliphatic carbocycles. The van der Waals surface area contributed by atoms with Gasteiger partial charge < -0.3 is 5.73 Å². The molecule has 0 aliphatic rings. The van der Waals surface area contributed by atoms with Crippen LogP contribution in [0.5, 0.6) is 0 Å². The van der Waals surface area contributed by atoms with Crippen molar-refractivity contribution >= 4 is 0 Å². The Balaban J connectivity index is 2.73. The summed E-state index contributed by atoms with van der Waals surface area (Å²) in [5, 5.41) is 3.78. The van der Waals surface area contributed by atoms with Gasteiger partial charge in [0, 0.05) is 6.54 Å². The Labute approximate surface area is 74.8 Å². The first-order chi connectivity index (χ1) is 6.09. The molecule has 1 aromatic heterocycles. The lowest BCUT2D eigenvalue weighted by atomic mass is 10.2. The van der Waals surface area contributed by atoms with Crippen LogP contribution < -0.4 is 5.73 Å². The van der Waals surface area contributed by atoms with Gasteiger partial charge in [-0.05, 0) is 6.92 Å². The van der Waals surface area contributed by atoms with Crippen molar-refractivity contribution in [2.75, 3.05) is 6.54 Å². The highest BCUT2D eigenvalue weighted by Crippen LogP contribution is 2.16. The fraction of sp³-hybridized carbons (Fsp3) is 0.714. The van der Waals surface area contributed by atoms with Crippen LogP contribution >= 0.6 is 0 Å². The Morgan fingerprint density at radius 3 is 2.85 bits per heavy atom. The zero-order valence-electron chi connectivity index (χ0n) is 7.37. The number of rotatable bonds is 4. The second kappa shape index (κ2) is 3.78. The van der Waals surface area contributed by atoms with Gasteiger partial charge in [0.2, 0.25) is 0 Å². The van der Waals surface area contributed by atoms with Crippen molar-refractivity contribution in [3.63, 3.8) is 0 Å². The molecular weight excluding hydrogens is 178 g/mol. The SMILES string of the molecule is CCn1ncnc1CC(F)(F)CN. The normalized spacial score (nSPS) is 12.0. The van der Waals surface area contributed by atoms with Gasteiger partial charge in [-0.25, -0.2) is 13.8 Å². The van der Waals surface area contributed by atoms with Crippen LogP contribution in [0.3, 0.4) is 0 Å². The monoisotopic (exact) mass is 190 g/mol. The summed E-state index contributed by atoms with van der Waals surface area (Å²) in [5.74, 6) is -2.61. The lowest BCUT2D eigenvalue weighted by Gasteiger charge is -2.12. The molecule has 0 aliphatic heterocycles. The number of nitrogens with two attached hydrogens (primary N) is 1. The summed E-state index contributed by atoms with van der Waals surface area (Å²) in [6.45, 7) is 1.69. The van der Waals surface area contributed by atoms with E-state index in [2.05, 4.69) is 10.1 Å². The van der Waals surface area contributed by atoms with E-state index in [1.165, 1.54) is 11.0 Å². The summed E-state index contributed by atoms with van der Waals surface area (Å²) < 4.78 is 27.1. The summed E-state index contributed by atoms with van der Waals surface area (Å²) in [6, 6.07) is 0. The second-order valence-electron chi connectivity index (χ2n) is 2.73. The fourth-order valence-electron chi connectivity index (χ4n) is 0.993. The maximum absolute atomic E-state index is 12.8. The summed E-state index contributed by atoms with van der Waals surface area (Å²) in [5.41, 5.74) is 4.91. The molecule has 13 heavy (non-hydrogen) atoms. The van der Waals surface area contributed by atoms with Gasteiger partial charge in [0.05, 0.1) is 13.0 Å². The minimum atomic E-state index is -2.89. The number of nitrogens with zero attached hydrogens (tertiary/aromatic N) is 3. The quantitative estimate of drug-likeness (QED) is 0.749. The first-order valence-corrected chi connectivity index (χ1v) is 4.03. The molecule has 74 valence electrons. The maximum Gasteiger partial charge on any atom is 0.267 e. The molecule has 1 heterocycles. The van der Waals surface area contributed by atoms with Crippen molar-refractivity contribution in [2.45, 2.75) is 25.8 Å². The van der Waals surface area contributed by atoms with E-state index in [0.717, 1.165) is 0 Å². The minimum Gasteiger partial charge on any atom is -0.325 e. The van der Waals surface area contributed by atoms with Gasteiger partial charge >= 0.3 is 0 Å². The van der Waals surface area contributed by atoms with Crippen LogP contribution in [0, 0.1) is 0 Å². The topological polar surface area (TPSA) is 56.7 Å². The van der Waals surface area contributed by atoms with Gasteiger partial charge in [0.1, 0.15) is 12.2 Å². The minimum absolute atomic E-state index is 0.276.